The lowest BCUT2D eigenvalue weighted by molar-refractivity contribution is -0.120. The Labute approximate surface area is 313 Å². The first-order valence-corrected chi connectivity index (χ1v) is 18.0. The third kappa shape index (κ3) is 6.37. The molecular weight excluding hydrogens is 702 g/mol. The van der Waals surface area contributed by atoms with Crippen LogP contribution in [0.4, 0.5) is 11.4 Å². The fourth-order valence-corrected chi connectivity index (χ4v) is 7.32. The number of benzene rings is 4. The van der Waals surface area contributed by atoms with Gasteiger partial charge in [-0.2, -0.15) is 0 Å². The lowest BCUT2D eigenvalue weighted by atomic mass is 10.1. The number of aromatic nitrogens is 3. The molecule has 55 heavy (non-hydrogen) atoms. The van der Waals surface area contributed by atoms with Crippen molar-refractivity contribution < 1.29 is 32.6 Å². The predicted molar refractivity (Wildman–Crippen MR) is 201 cm³/mol. The molecule has 4 aromatic carbocycles. The highest BCUT2D eigenvalue weighted by Gasteiger charge is 2.38. The molecule has 2 N–H and O–H groups in total. The first-order valence-electron chi connectivity index (χ1n) is 18.0. The normalized spacial score (nSPS) is 16.9. The maximum Gasteiger partial charge on any atom is 0.293 e. The molecule has 5 heterocycles. The molecule has 0 saturated carbocycles. The summed E-state index contributed by atoms with van der Waals surface area (Å²) in [6.45, 7) is 0.889. The Morgan fingerprint density at radius 2 is 1.07 bits per heavy atom. The van der Waals surface area contributed by atoms with Crippen molar-refractivity contribution in [2.45, 2.75) is 37.8 Å². The van der Waals surface area contributed by atoms with Crippen LogP contribution < -0.4 is 10.6 Å². The van der Waals surface area contributed by atoms with E-state index in [4.69, 9.17) is 13.5 Å². The summed E-state index contributed by atoms with van der Waals surface area (Å²) in [6.07, 6.45) is 4.10. The summed E-state index contributed by atoms with van der Waals surface area (Å²) in [7, 11) is 0. The van der Waals surface area contributed by atoms with E-state index < -0.39 is 12.1 Å². The van der Waals surface area contributed by atoms with Crippen molar-refractivity contribution in [3.8, 4) is 22.8 Å². The van der Waals surface area contributed by atoms with Crippen LogP contribution in [-0.2, 0) is 9.59 Å². The van der Waals surface area contributed by atoms with Gasteiger partial charge in [0.25, 0.3) is 11.8 Å². The van der Waals surface area contributed by atoms with Gasteiger partial charge < -0.3 is 33.9 Å². The van der Waals surface area contributed by atoms with Gasteiger partial charge in [0.2, 0.25) is 29.2 Å². The standard InChI is InChI=1S/C41H33N7O7/c49-37(32-11-5-21-47(32)40(51)35-28-7-1-3-9-30(28)45-54-35)43-26-17-13-24(14-18-26)34-23-42-39(53-34)25-15-19-27(20-16-25)44-38(50)33-12-6-22-48(33)41(52)36-29-8-2-4-10-31(29)46-55-36/h1-4,7-10,13-20,23,32-33H,5-6,11-12,21-22H2,(H,43,49)(H,44,50)/t32-,33-/m0/s1. The smallest absolute Gasteiger partial charge is 0.293 e. The van der Waals surface area contributed by atoms with Crippen LogP contribution in [0, 0.1) is 0 Å². The number of carbonyl (C=O) groups is 4. The third-order valence-corrected chi connectivity index (χ3v) is 10.1. The first-order chi connectivity index (χ1) is 26.9. The SMILES string of the molecule is O=C(Nc1ccc(-c2cnc(-c3ccc(NC(=O)[C@@H]4CCCN4C(=O)c4onc5ccccc45)cc3)o2)cc1)[C@@H]1CCCN1C(=O)c1onc2ccccc12. The van der Waals surface area contributed by atoms with Crippen LogP contribution in [-0.4, -0.2) is 73.9 Å². The van der Waals surface area contributed by atoms with Gasteiger partial charge in [0.05, 0.1) is 17.0 Å². The quantitative estimate of drug-likeness (QED) is 0.169. The van der Waals surface area contributed by atoms with Crippen molar-refractivity contribution in [3.05, 3.63) is 115 Å². The lowest BCUT2D eigenvalue weighted by Crippen LogP contribution is -2.43. The van der Waals surface area contributed by atoms with Crippen LogP contribution in [0.1, 0.15) is 46.8 Å². The zero-order valence-electron chi connectivity index (χ0n) is 29.3. The number of nitrogens with one attached hydrogen (secondary N) is 2. The summed E-state index contributed by atoms with van der Waals surface area (Å²) in [5.74, 6) is -0.0918. The van der Waals surface area contributed by atoms with E-state index in [0.29, 0.717) is 89.2 Å². The highest BCUT2D eigenvalue weighted by Crippen LogP contribution is 2.30. The average molecular weight is 736 g/mol. The van der Waals surface area contributed by atoms with Crippen LogP contribution in [0.25, 0.3) is 44.6 Å². The molecule has 2 saturated heterocycles. The van der Waals surface area contributed by atoms with Gasteiger partial charge in [-0.3, -0.25) is 19.2 Å². The van der Waals surface area contributed by atoms with Gasteiger partial charge >= 0.3 is 0 Å². The molecule has 0 unspecified atom stereocenters. The van der Waals surface area contributed by atoms with E-state index in [2.05, 4.69) is 25.9 Å². The number of likely N-dealkylation sites (tertiary alicyclic amines) is 2. The summed E-state index contributed by atoms with van der Waals surface area (Å²) in [5.41, 5.74) is 3.78. The molecule has 3 aromatic heterocycles. The summed E-state index contributed by atoms with van der Waals surface area (Å²) < 4.78 is 16.8. The molecule has 0 aliphatic carbocycles. The molecule has 2 fully saturated rings. The van der Waals surface area contributed by atoms with E-state index in [1.54, 1.807) is 76.7 Å². The Balaban J connectivity index is 0.814. The number of rotatable bonds is 8. The van der Waals surface area contributed by atoms with E-state index in [1.807, 2.05) is 36.4 Å². The van der Waals surface area contributed by atoms with Crippen molar-refractivity contribution in [1.82, 2.24) is 25.1 Å². The van der Waals surface area contributed by atoms with Crippen LogP contribution in [0.5, 0.6) is 0 Å². The summed E-state index contributed by atoms with van der Waals surface area (Å²) in [4.78, 5) is 60.9. The van der Waals surface area contributed by atoms with Crippen molar-refractivity contribution in [1.29, 1.82) is 0 Å². The summed E-state index contributed by atoms with van der Waals surface area (Å²) in [5, 5.41) is 15.1. The van der Waals surface area contributed by atoms with Gasteiger partial charge in [-0.05, 0) is 98.5 Å². The van der Waals surface area contributed by atoms with Crippen LogP contribution in [0.3, 0.4) is 0 Å². The minimum Gasteiger partial charge on any atom is -0.436 e. The zero-order chi connectivity index (χ0) is 37.5. The molecule has 2 atom stereocenters. The molecule has 4 amide bonds. The number of oxazole rings is 1. The fourth-order valence-electron chi connectivity index (χ4n) is 7.32. The van der Waals surface area contributed by atoms with Gasteiger partial charge in [0, 0.05) is 35.6 Å². The highest BCUT2D eigenvalue weighted by molar-refractivity contribution is 6.07. The second kappa shape index (κ2) is 14.0. The van der Waals surface area contributed by atoms with Crippen molar-refractivity contribution >= 4 is 56.8 Å². The average Bonchev–Trinajstić information content (AvgIpc) is 4.07. The van der Waals surface area contributed by atoms with Gasteiger partial charge in [-0.25, -0.2) is 4.98 Å². The fraction of sp³-hybridized carbons (Fsp3) is 0.195. The van der Waals surface area contributed by atoms with Crippen LogP contribution in [0.2, 0.25) is 0 Å². The molecule has 7 aromatic rings. The minimum absolute atomic E-state index is 0.131. The van der Waals surface area contributed by atoms with Gasteiger partial charge in [-0.15, -0.1) is 0 Å². The number of hydrogen-bond donors (Lipinski definition) is 2. The Morgan fingerprint density at radius 3 is 1.58 bits per heavy atom. The molecular formula is C41H33N7O7. The van der Waals surface area contributed by atoms with Crippen molar-refractivity contribution in [2.24, 2.45) is 0 Å². The second-order valence-corrected chi connectivity index (χ2v) is 13.5. The molecule has 0 radical (unpaired) electrons. The molecule has 274 valence electrons. The van der Waals surface area contributed by atoms with Crippen LogP contribution in [0.15, 0.2) is 117 Å². The number of anilines is 2. The van der Waals surface area contributed by atoms with E-state index in [1.165, 1.54) is 0 Å². The number of nitrogens with zero attached hydrogens (tertiary/aromatic N) is 5. The minimum atomic E-state index is -0.641. The van der Waals surface area contributed by atoms with Crippen molar-refractivity contribution in [3.63, 3.8) is 0 Å². The Hall–Kier alpha value is -7.09. The zero-order valence-corrected chi connectivity index (χ0v) is 29.3. The number of fused-ring (bicyclic) bond motifs is 2. The number of hydrogen-bond acceptors (Lipinski definition) is 10. The Morgan fingerprint density at radius 1 is 0.600 bits per heavy atom. The Kier molecular flexibility index (Phi) is 8.61. The van der Waals surface area contributed by atoms with Gasteiger partial charge in [-0.1, -0.05) is 34.6 Å². The number of amides is 4. The Bertz CT molecular complexity index is 2400. The van der Waals surface area contributed by atoms with Crippen LogP contribution >= 0.6 is 0 Å². The monoisotopic (exact) mass is 735 g/mol. The van der Waals surface area contributed by atoms with E-state index in [9.17, 15) is 19.2 Å². The van der Waals surface area contributed by atoms with Gasteiger partial charge in [0.1, 0.15) is 23.1 Å². The maximum atomic E-state index is 13.4. The predicted octanol–water partition coefficient (Wildman–Crippen LogP) is 6.78. The third-order valence-electron chi connectivity index (χ3n) is 10.1. The molecule has 2 aliphatic rings. The summed E-state index contributed by atoms with van der Waals surface area (Å²) >= 11 is 0. The molecule has 0 spiro atoms. The second-order valence-electron chi connectivity index (χ2n) is 13.5. The molecule has 9 rings (SSSR count). The van der Waals surface area contributed by atoms with E-state index >= 15 is 0 Å². The molecule has 2 aliphatic heterocycles. The maximum absolute atomic E-state index is 13.4. The largest absolute Gasteiger partial charge is 0.436 e. The number of carbonyl (C=O) groups excluding carboxylic acids is 4. The summed E-state index contributed by atoms with van der Waals surface area (Å²) in [6, 6.07) is 27.4. The first kappa shape index (κ1) is 33.7. The topological polar surface area (TPSA) is 177 Å². The van der Waals surface area contributed by atoms with E-state index in [0.717, 1.165) is 5.56 Å². The lowest BCUT2D eigenvalue weighted by Gasteiger charge is -2.23. The highest BCUT2D eigenvalue weighted by atomic mass is 16.5. The van der Waals surface area contributed by atoms with Gasteiger partial charge in [0.15, 0.2) is 5.76 Å². The molecule has 14 heteroatoms. The van der Waals surface area contributed by atoms with Crippen molar-refractivity contribution in [2.75, 3.05) is 23.7 Å². The molecule has 0 bridgehead atoms. The van der Waals surface area contributed by atoms with E-state index in [-0.39, 0.29) is 35.1 Å². The molecule has 14 nitrogen and oxygen atoms in total.